The minimum Gasteiger partial charge on any atom is -0.478 e. The summed E-state index contributed by atoms with van der Waals surface area (Å²) in [6.45, 7) is 0.675. The van der Waals surface area contributed by atoms with Crippen LogP contribution in [-0.2, 0) is 17.8 Å². The zero-order valence-corrected chi connectivity index (χ0v) is 9.91. The molecule has 1 N–H and O–H groups in total. The molecule has 0 bridgehead atoms. The molecule has 0 unspecified atom stereocenters. The van der Waals surface area contributed by atoms with Gasteiger partial charge in [0.15, 0.2) is 0 Å². The molecular formula is C12H12F3NO3. The number of hydrogen-bond donors (Lipinski definition) is 1. The first-order chi connectivity index (χ1) is 8.85. The lowest BCUT2D eigenvalue weighted by Gasteiger charge is -2.15. The van der Waals surface area contributed by atoms with Crippen molar-refractivity contribution in [2.75, 3.05) is 13.2 Å². The van der Waals surface area contributed by atoms with Crippen molar-refractivity contribution in [1.29, 1.82) is 0 Å². The van der Waals surface area contributed by atoms with Crippen molar-refractivity contribution < 1.29 is 27.8 Å². The zero-order chi connectivity index (χ0) is 14.0. The minimum atomic E-state index is -4.61. The molecule has 0 aliphatic carbocycles. The lowest BCUT2D eigenvalue weighted by atomic mass is 10.1. The monoisotopic (exact) mass is 275 g/mol. The van der Waals surface area contributed by atoms with Gasteiger partial charge in [-0.2, -0.15) is 0 Å². The third-order valence-electron chi connectivity index (χ3n) is 2.91. The lowest BCUT2D eigenvalue weighted by molar-refractivity contribution is -0.325. The molecule has 104 valence electrons. The summed E-state index contributed by atoms with van der Waals surface area (Å²) in [6, 6.07) is 4.75. The highest BCUT2D eigenvalue weighted by Crippen LogP contribution is 2.24. The van der Waals surface area contributed by atoms with Crippen molar-refractivity contribution >= 4 is 5.97 Å². The van der Waals surface area contributed by atoms with Gasteiger partial charge in [0.05, 0.1) is 12.2 Å². The largest absolute Gasteiger partial charge is 0.522 e. The Morgan fingerprint density at radius 3 is 2.63 bits per heavy atom. The number of carbonyl (C=O) groups is 1. The number of carboxylic acids is 1. The van der Waals surface area contributed by atoms with Gasteiger partial charge in [0.2, 0.25) is 0 Å². The van der Waals surface area contributed by atoms with Gasteiger partial charge in [0.1, 0.15) is 0 Å². The molecule has 0 aromatic heterocycles. The summed E-state index contributed by atoms with van der Waals surface area (Å²) in [5.74, 6) is -1.01. The lowest BCUT2D eigenvalue weighted by Crippen LogP contribution is -2.25. The highest BCUT2D eigenvalue weighted by Gasteiger charge is 2.29. The second kappa shape index (κ2) is 5.18. The van der Waals surface area contributed by atoms with E-state index in [4.69, 9.17) is 5.11 Å². The average molecular weight is 275 g/mol. The van der Waals surface area contributed by atoms with Gasteiger partial charge in [-0.25, -0.2) is 4.79 Å². The number of benzene rings is 1. The van der Waals surface area contributed by atoms with Gasteiger partial charge in [-0.1, -0.05) is 6.07 Å². The van der Waals surface area contributed by atoms with Gasteiger partial charge >= 0.3 is 12.3 Å². The molecule has 1 aromatic rings. The maximum Gasteiger partial charge on any atom is 0.522 e. The Labute approximate surface area is 107 Å². The molecule has 1 aromatic carbocycles. The summed E-state index contributed by atoms with van der Waals surface area (Å²) in [5.41, 5.74) is 1.97. The van der Waals surface area contributed by atoms with E-state index in [-0.39, 0.29) is 12.1 Å². The standard InChI is InChI=1S/C12H12F3NO3/c13-12(14,15)19-4-3-16-6-9-2-1-8(11(17)18)5-10(9)7-16/h1-2,5H,3-4,6-7H2,(H,17,18). The zero-order valence-electron chi connectivity index (χ0n) is 9.91. The number of hydrogen-bond acceptors (Lipinski definition) is 3. The van der Waals surface area contributed by atoms with Crippen molar-refractivity contribution in [3.8, 4) is 0 Å². The molecule has 0 saturated heterocycles. The van der Waals surface area contributed by atoms with E-state index in [0.29, 0.717) is 13.1 Å². The van der Waals surface area contributed by atoms with Crippen molar-refractivity contribution in [1.82, 2.24) is 4.90 Å². The molecule has 1 heterocycles. The highest BCUT2D eigenvalue weighted by atomic mass is 19.4. The van der Waals surface area contributed by atoms with Crippen LogP contribution in [0, 0.1) is 0 Å². The van der Waals surface area contributed by atoms with E-state index in [2.05, 4.69) is 4.74 Å². The summed E-state index contributed by atoms with van der Waals surface area (Å²) in [7, 11) is 0. The van der Waals surface area contributed by atoms with E-state index in [9.17, 15) is 18.0 Å². The van der Waals surface area contributed by atoms with Crippen LogP contribution in [0.4, 0.5) is 13.2 Å². The molecule has 0 radical (unpaired) electrons. The Hall–Kier alpha value is -1.60. The van der Waals surface area contributed by atoms with E-state index in [1.165, 1.54) is 6.07 Å². The number of halogens is 3. The smallest absolute Gasteiger partial charge is 0.478 e. The summed E-state index contributed by atoms with van der Waals surface area (Å²) in [5, 5.41) is 8.85. The third-order valence-corrected chi connectivity index (χ3v) is 2.91. The van der Waals surface area contributed by atoms with E-state index in [0.717, 1.165) is 11.1 Å². The van der Waals surface area contributed by atoms with Gasteiger partial charge in [-0.3, -0.25) is 9.64 Å². The molecular weight excluding hydrogens is 263 g/mol. The Kier molecular flexibility index (Phi) is 3.77. The maximum atomic E-state index is 11.8. The van der Waals surface area contributed by atoms with Crippen LogP contribution in [0.3, 0.4) is 0 Å². The van der Waals surface area contributed by atoms with Crippen LogP contribution in [0.5, 0.6) is 0 Å². The number of ether oxygens (including phenoxy) is 1. The fourth-order valence-electron chi connectivity index (χ4n) is 2.05. The topological polar surface area (TPSA) is 49.8 Å². The van der Waals surface area contributed by atoms with E-state index >= 15 is 0 Å². The normalized spacial score (nSPS) is 15.5. The van der Waals surface area contributed by atoms with E-state index < -0.39 is 18.9 Å². The van der Waals surface area contributed by atoms with E-state index in [1.54, 1.807) is 17.0 Å². The van der Waals surface area contributed by atoms with Crippen molar-refractivity contribution in [2.45, 2.75) is 19.5 Å². The number of rotatable bonds is 4. The fraction of sp³-hybridized carbons (Fsp3) is 0.417. The first kappa shape index (κ1) is 13.8. The molecule has 4 nitrogen and oxygen atoms in total. The maximum absolute atomic E-state index is 11.8. The predicted molar refractivity (Wildman–Crippen MR) is 59.5 cm³/mol. The molecule has 0 atom stereocenters. The molecule has 2 rings (SSSR count). The minimum absolute atomic E-state index is 0.149. The van der Waals surface area contributed by atoms with Crippen LogP contribution in [0.15, 0.2) is 18.2 Å². The van der Waals surface area contributed by atoms with Crippen molar-refractivity contribution in [2.24, 2.45) is 0 Å². The second-order valence-electron chi connectivity index (χ2n) is 4.29. The quantitative estimate of drug-likeness (QED) is 0.915. The summed E-state index contributed by atoms with van der Waals surface area (Å²) >= 11 is 0. The number of nitrogens with zero attached hydrogens (tertiary/aromatic N) is 1. The van der Waals surface area contributed by atoms with Gasteiger partial charge in [-0.15, -0.1) is 13.2 Å². The van der Waals surface area contributed by atoms with Crippen molar-refractivity contribution in [3.63, 3.8) is 0 Å². The van der Waals surface area contributed by atoms with Crippen LogP contribution < -0.4 is 0 Å². The SMILES string of the molecule is O=C(O)c1ccc2c(c1)CN(CCOC(F)(F)F)C2. The molecule has 0 amide bonds. The molecule has 0 fully saturated rings. The van der Waals surface area contributed by atoms with Crippen molar-refractivity contribution in [3.05, 3.63) is 34.9 Å². The average Bonchev–Trinajstić information content (AvgIpc) is 2.68. The summed E-state index contributed by atoms with van der Waals surface area (Å²) in [4.78, 5) is 12.6. The van der Waals surface area contributed by atoms with Crippen LogP contribution in [0.1, 0.15) is 21.5 Å². The van der Waals surface area contributed by atoms with Crippen LogP contribution >= 0.6 is 0 Å². The Balaban J connectivity index is 1.91. The summed E-state index contributed by atoms with van der Waals surface area (Å²) in [6.07, 6.45) is -4.61. The van der Waals surface area contributed by atoms with Crippen LogP contribution in [-0.4, -0.2) is 35.5 Å². The number of alkyl halides is 3. The van der Waals surface area contributed by atoms with Gasteiger partial charge in [0, 0.05) is 19.6 Å². The van der Waals surface area contributed by atoms with Crippen LogP contribution in [0.25, 0.3) is 0 Å². The van der Waals surface area contributed by atoms with Gasteiger partial charge in [0.25, 0.3) is 0 Å². The third kappa shape index (κ3) is 3.68. The predicted octanol–water partition coefficient (Wildman–Crippen LogP) is 2.24. The Morgan fingerprint density at radius 2 is 2.00 bits per heavy atom. The molecule has 0 saturated carbocycles. The molecule has 7 heteroatoms. The van der Waals surface area contributed by atoms with Crippen LogP contribution in [0.2, 0.25) is 0 Å². The fourth-order valence-corrected chi connectivity index (χ4v) is 2.05. The van der Waals surface area contributed by atoms with E-state index in [1.807, 2.05) is 0 Å². The highest BCUT2D eigenvalue weighted by molar-refractivity contribution is 5.87. The molecule has 1 aliphatic heterocycles. The molecule has 0 spiro atoms. The van der Waals surface area contributed by atoms with Gasteiger partial charge in [-0.05, 0) is 23.3 Å². The molecule has 19 heavy (non-hydrogen) atoms. The van der Waals surface area contributed by atoms with Gasteiger partial charge < -0.3 is 5.11 Å². The molecule has 1 aliphatic rings. The number of aromatic carboxylic acids is 1. The Morgan fingerprint density at radius 1 is 1.32 bits per heavy atom. The number of carboxylic acid groups (broad SMARTS) is 1. The number of fused-ring (bicyclic) bond motifs is 1. The first-order valence-corrected chi connectivity index (χ1v) is 5.63. The Bertz CT molecular complexity index is 488. The second-order valence-corrected chi connectivity index (χ2v) is 4.29. The summed E-state index contributed by atoms with van der Waals surface area (Å²) < 4.78 is 39.2. The first-order valence-electron chi connectivity index (χ1n) is 5.63.